The summed E-state index contributed by atoms with van der Waals surface area (Å²) in [6, 6.07) is 31.7. The second-order valence-corrected chi connectivity index (χ2v) is 9.62. The van der Waals surface area contributed by atoms with Crippen molar-refractivity contribution in [3.8, 4) is 0 Å². The third-order valence-electron chi connectivity index (χ3n) is 4.75. The quantitative estimate of drug-likeness (QED) is 0.192. The van der Waals surface area contributed by atoms with Gasteiger partial charge in [0.25, 0.3) is 0 Å². The highest BCUT2D eigenvalue weighted by molar-refractivity contribution is 8.00. The maximum atomic E-state index is 11.8. The van der Waals surface area contributed by atoms with Crippen molar-refractivity contribution in [3.05, 3.63) is 108 Å². The van der Waals surface area contributed by atoms with Crippen LogP contribution in [0.15, 0.2) is 96.0 Å². The molecule has 0 atom stereocenters. The normalized spacial score (nSPS) is 12.0. The van der Waals surface area contributed by atoms with Crippen molar-refractivity contribution < 1.29 is 9.53 Å². The van der Waals surface area contributed by atoms with Gasteiger partial charge in [0, 0.05) is 12.3 Å². The zero-order chi connectivity index (χ0) is 22.9. The molecule has 1 N–H and O–H groups in total. The molecule has 0 heterocycles. The third kappa shape index (κ3) is 6.24. The van der Waals surface area contributed by atoms with Gasteiger partial charge >= 0.3 is 6.09 Å². The van der Waals surface area contributed by atoms with Gasteiger partial charge in [-0.1, -0.05) is 91.0 Å². The van der Waals surface area contributed by atoms with E-state index in [4.69, 9.17) is 4.74 Å². The van der Waals surface area contributed by atoms with Crippen molar-refractivity contribution in [2.75, 3.05) is 12.3 Å². The monoisotopic (exact) mass is 446 g/mol. The Morgan fingerprint density at radius 2 is 1.28 bits per heavy atom. The molecule has 5 heteroatoms. The van der Waals surface area contributed by atoms with Crippen LogP contribution >= 0.6 is 11.8 Å². The molecule has 0 radical (unpaired) electrons. The number of aliphatic imine (C=N–C) groups is 1. The number of amides is 1. The average Bonchev–Trinajstić information content (AvgIpc) is 2.79. The smallest absolute Gasteiger partial charge is 0.412 e. The van der Waals surface area contributed by atoms with E-state index in [-0.39, 0.29) is 4.75 Å². The fourth-order valence-corrected chi connectivity index (χ4v) is 4.90. The van der Waals surface area contributed by atoms with Crippen LogP contribution in [0.2, 0.25) is 0 Å². The van der Waals surface area contributed by atoms with Crippen LogP contribution in [0.3, 0.4) is 0 Å². The summed E-state index contributed by atoms with van der Waals surface area (Å²) >= 11 is 1.84. The standard InChI is InChI=1S/C27H30N2O2S/c1-26(2,3)31-25(30)29-21-28-19-20-32-27(22-13-7-4-8-14-22,23-15-9-5-10-16-23)24-17-11-6-12-18-24/h4-18,21H,19-20H2,1-3H3,(H,28,29,30). The molecule has 0 aliphatic carbocycles. The Hall–Kier alpha value is -3.05. The van der Waals surface area contributed by atoms with Crippen LogP contribution in [-0.4, -0.2) is 30.3 Å². The van der Waals surface area contributed by atoms with Gasteiger partial charge in [0.05, 0.1) is 11.1 Å². The summed E-state index contributed by atoms with van der Waals surface area (Å²) in [6.07, 6.45) is 0.922. The van der Waals surface area contributed by atoms with Gasteiger partial charge in [0.2, 0.25) is 0 Å². The summed E-state index contributed by atoms with van der Waals surface area (Å²) < 4.78 is 4.86. The van der Waals surface area contributed by atoms with Gasteiger partial charge in [-0.15, -0.1) is 11.8 Å². The molecule has 3 rings (SSSR count). The minimum absolute atomic E-state index is 0.363. The third-order valence-corrected chi connectivity index (χ3v) is 6.28. The highest BCUT2D eigenvalue weighted by Gasteiger charge is 2.36. The second-order valence-electron chi connectivity index (χ2n) is 8.31. The number of nitrogens with one attached hydrogen (secondary N) is 1. The molecule has 0 aliphatic heterocycles. The summed E-state index contributed by atoms with van der Waals surface area (Å²) in [7, 11) is 0. The lowest BCUT2D eigenvalue weighted by atomic mass is 9.84. The fourth-order valence-electron chi connectivity index (χ4n) is 3.49. The van der Waals surface area contributed by atoms with E-state index < -0.39 is 11.7 Å². The number of carbonyl (C=O) groups is 1. The van der Waals surface area contributed by atoms with Gasteiger partial charge in [0.1, 0.15) is 5.60 Å². The van der Waals surface area contributed by atoms with E-state index in [1.54, 1.807) is 0 Å². The maximum absolute atomic E-state index is 11.8. The minimum atomic E-state index is -0.533. The van der Waals surface area contributed by atoms with Gasteiger partial charge in [-0.3, -0.25) is 10.3 Å². The van der Waals surface area contributed by atoms with E-state index in [0.717, 1.165) is 5.75 Å². The van der Waals surface area contributed by atoms with Gasteiger partial charge < -0.3 is 4.74 Å². The zero-order valence-corrected chi connectivity index (χ0v) is 19.6. The highest BCUT2D eigenvalue weighted by Crippen LogP contribution is 2.48. The van der Waals surface area contributed by atoms with Gasteiger partial charge in [-0.2, -0.15) is 0 Å². The van der Waals surface area contributed by atoms with E-state index in [9.17, 15) is 4.79 Å². The minimum Gasteiger partial charge on any atom is -0.444 e. The molecule has 3 aromatic rings. The molecule has 0 fully saturated rings. The van der Waals surface area contributed by atoms with Crippen LogP contribution in [0.1, 0.15) is 37.5 Å². The second kappa shape index (κ2) is 11.0. The number of benzene rings is 3. The number of carbonyl (C=O) groups excluding carboxylic acids is 1. The predicted octanol–water partition coefficient (Wildman–Crippen LogP) is 6.26. The highest BCUT2D eigenvalue weighted by atomic mass is 32.2. The van der Waals surface area contributed by atoms with Crippen LogP contribution in [0.4, 0.5) is 4.79 Å². The van der Waals surface area contributed by atoms with Crippen LogP contribution < -0.4 is 5.32 Å². The number of ether oxygens (including phenoxy) is 1. The summed E-state index contributed by atoms with van der Waals surface area (Å²) in [5.41, 5.74) is 3.13. The van der Waals surface area contributed by atoms with Crippen LogP contribution in [0.25, 0.3) is 0 Å². The molecule has 0 unspecified atom stereocenters. The molecule has 0 spiro atoms. The molecular weight excluding hydrogens is 416 g/mol. The first kappa shape index (κ1) is 23.6. The van der Waals surface area contributed by atoms with E-state index >= 15 is 0 Å². The number of nitrogens with zero attached hydrogens (tertiary/aromatic N) is 1. The van der Waals surface area contributed by atoms with E-state index in [1.807, 2.05) is 50.7 Å². The molecular formula is C27H30N2O2S. The van der Waals surface area contributed by atoms with Gasteiger partial charge in [-0.05, 0) is 37.5 Å². The zero-order valence-electron chi connectivity index (χ0n) is 18.8. The predicted molar refractivity (Wildman–Crippen MR) is 134 cm³/mol. The van der Waals surface area contributed by atoms with Gasteiger partial charge in [0.15, 0.2) is 0 Å². The molecule has 4 nitrogen and oxygen atoms in total. The van der Waals surface area contributed by atoms with Crippen molar-refractivity contribution in [3.63, 3.8) is 0 Å². The first-order chi connectivity index (χ1) is 15.4. The fraction of sp³-hybridized carbons (Fsp3) is 0.259. The Labute approximate surface area is 195 Å². The number of thioether (sulfide) groups is 1. The Morgan fingerprint density at radius 3 is 1.69 bits per heavy atom. The van der Waals surface area contributed by atoms with Crippen molar-refractivity contribution in [1.29, 1.82) is 0 Å². The van der Waals surface area contributed by atoms with Crippen LogP contribution in [-0.2, 0) is 9.48 Å². The molecule has 0 aliphatic rings. The van der Waals surface area contributed by atoms with Crippen molar-refractivity contribution in [2.45, 2.75) is 31.1 Å². The summed E-state index contributed by atoms with van der Waals surface area (Å²) in [5.74, 6) is 0.769. The molecule has 32 heavy (non-hydrogen) atoms. The first-order valence-corrected chi connectivity index (χ1v) is 11.7. The van der Waals surface area contributed by atoms with E-state index in [0.29, 0.717) is 6.54 Å². The van der Waals surface area contributed by atoms with Crippen LogP contribution in [0, 0.1) is 0 Å². The Kier molecular flexibility index (Phi) is 8.12. The van der Waals surface area contributed by atoms with Crippen molar-refractivity contribution in [2.24, 2.45) is 4.99 Å². The Bertz CT molecular complexity index is 903. The van der Waals surface area contributed by atoms with Crippen LogP contribution in [0.5, 0.6) is 0 Å². The molecule has 3 aromatic carbocycles. The lowest BCUT2D eigenvalue weighted by molar-refractivity contribution is 0.0565. The SMILES string of the molecule is CC(C)(C)OC(=O)NC=NCCSC(c1ccccc1)(c1ccccc1)c1ccccc1. The van der Waals surface area contributed by atoms with E-state index in [2.05, 4.69) is 83.1 Å². The van der Waals surface area contributed by atoms with Crippen molar-refractivity contribution in [1.82, 2.24) is 5.32 Å². The number of hydrogen-bond acceptors (Lipinski definition) is 4. The first-order valence-electron chi connectivity index (χ1n) is 10.7. The van der Waals surface area contributed by atoms with Gasteiger partial charge in [-0.25, -0.2) is 4.79 Å². The van der Waals surface area contributed by atoms with Crippen molar-refractivity contribution >= 4 is 24.2 Å². The lowest BCUT2D eigenvalue weighted by Crippen LogP contribution is -2.31. The topological polar surface area (TPSA) is 50.7 Å². The number of rotatable bonds is 8. The van der Waals surface area contributed by atoms with E-state index in [1.165, 1.54) is 23.0 Å². The molecule has 166 valence electrons. The molecule has 0 aromatic heterocycles. The number of alkyl carbamates (subject to hydrolysis) is 1. The lowest BCUT2D eigenvalue weighted by Gasteiger charge is -2.35. The largest absolute Gasteiger partial charge is 0.444 e. The summed E-state index contributed by atoms with van der Waals surface area (Å²) in [4.78, 5) is 16.1. The maximum Gasteiger partial charge on any atom is 0.412 e. The Morgan fingerprint density at radius 1 is 0.844 bits per heavy atom. The molecule has 0 saturated heterocycles. The Balaban J connectivity index is 1.81. The molecule has 0 bridgehead atoms. The molecule has 1 amide bonds. The number of hydrogen-bond donors (Lipinski definition) is 1. The summed E-state index contributed by atoms with van der Waals surface area (Å²) in [6.45, 7) is 6.05. The molecule has 0 saturated carbocycles. The average molecular weight is 447 g/mol. The summed E-state index contributed by atoms with van der Waals surface area (Å²) in [5, 5.41) is 2.57.